The van der Waals surface area contributed by atoms with Crippen molar-refractivity contribution in [2.75, 3.05) is 59.0 Å². The lowest BCUT2D eigenvalue weighted by molar-refractivity contribution is -0.132. The number of amides is 2. The number of carbonyl (C=O) groups is 2. The van der Waals surface area contributed by atoms with E-state index in [1.54, 1.807) is 23.1 Å². The second kappa shape index (κ2) is 14.8. The first-order chi connectivity index (χ1) is 19.5. The van der Waals surface area contributed by atoms with E-state index in [1.807, 2.05) is 13.8 Å². The molecule has 1 N–H and O–H groups in total. The van der Waals surface area contributed by atoms with Crippen molar-refractivity contribution in [3.63, 3.8) is 0 Å². The number of nitrogens with zero attached hydrogens (tertiary/aromatic N) is 3. The summed E-state index contributed by atoms with van der Waals surface area (Å²) in [7, 11) is 0. The Hall–Kier alpha value is -3.39. The second-order valence-corrected chi connectivity index (χ2v) is 10.3. The van der Waals surface area contributed by atoms with Crippen LogP contribution in [0.3, 0.4) is 0 Å². The Balaban J connectivity index is 1.29. The monoisotopic (exact) mass is 562 g/mol. The minimum Gasteiger partial charge on any atom is -0.483 e. The maximum atomic E-state index is 13.0. The molecular weight excluding hydrogens is 524 g/mol. The van der Waals surface area contributed by atoms with Crippen molar-refractivity contribution in [3.05, 3.63) is 101 Å². The Morgan fingerprint density at radius 3 is 2.08 bits per heavy atom. The lowest BCUT2D eigenvalue weighted by Gasteiger charge is -2.39. The number of piperazine rings is 1. The number of rotatable bonds is 12. The van der Waals surface area contributed by atoms with Gasteiger partial charge in [-0.05, 0) is 43.2 Å². The number of benzene rings is 3. The fraction of sp³-hybridized carbons (Fsp3) is 0.375. The summed E-state index contributed by atoms with van der Waals surface area (Å²) in [6.45, 7) is 9.92. The predicted octanol–water partition coefficient (Wildman–Crippen LogP) is 4.72. The molecule has 0 bridgehead atoms. The maximum absolute atomic E-state index is 13.0. The molecule has 7 nitrogen and oxygen atoms in total. The highest BCUT2D eigenvalue weighted by molar-refractivity contribution is 6.30. The first-order valence-electron chi connectivity index (χ1n) is 14.0. The summed E-state index contributed by atoms with van der Waals surface area (Å²) in [6.07, 6.45) is 0. The van der Waals surface area contributed by atoms with Crippen LogP contribution in [0.25, 0.3) is 0 Å². The quantitative estimate of drug-likeness (QED) is 0.346. The summed E-state index contributed by atoms with van der Waals surface area (Å²) in [6, 6.07) is 26.4. The molecule has 1 aliphatic heterocycles. The van der Waals surface area contributed by atoms with Gasteiger partial charge in [0, 0.05) is 57.4 Å². The average Bonchev–Trinajstić information content (AvgIpc) is 2.99. The first-order valence-corrected chi connectivity index (χ1v) is 14.4. The molecular formula is C32H39ClN4O3. The third-order valence-corrected chi connectivity index (χ3v) is 7.61. The van der Waals surface area contributed by atoms with Gasteiger partial charge in [0.15, 0.2) is 6.61 Å². The van der Waals surface area contributed by atoms with E-state index in [1.165, 1.54) is 11.1 Å². The van der Waals surface area contributed by atoms with E-state index in [4.69, 9.17) is 16.3 Å². The Labute approximate surface area is 242 Å². The van der Waals surface area contributed by atoms with Gasteiger partial charge in [0.05, 0.1) is 11.6 Å². The Kier molecular flexibility index (Phi) is 11.0. The number of halogens is 1. The predicted molar refractivity (Wildman–Crippen MR) is 160 cm³/mol. The molecule has 0 saturated carbocycles. The van der Waals surface area contributed by atoms with Crippen molar-refractivity contribution in [2.24, 2.45) is 0 Å². The van der Waals surface area contributed by atoms with Crippen LogP contribution in [0.15, 0.2) is 78.9 Å². The topological polar surface area (TPSA) is 65.1 Å². The number of hydrogen-bond acceptors (Lipinski definition) is 5. The fourth-order valence-corrected chi connectivity index (χ4v) is 5.33. The van der Waals surface area contributed by atoms with Crippen LogP contribution in [-0.2, 0) is 4.79 Å². The average molecular weight is 563 g/mol. The van der Waals surface area contributed by atoms with E-state index in [0.29, 0.717) is 36.0 Å². The SMILES string of the molecule is CCN(CC)C(=O)COc1cc(Cl)ccc1C(=O)NCCN1CCN(C(c2ccccc2)c2ccccc2)CC1. The molecule has 8 heteroatoms. The molecule has 0 radical (unpaired) electrons. The number of likely N-dealkylation sites (N-methyl/N-ethyl adjacent to an activating group) is 1. The molecule has 0 aliphatic carbocycles. The van der Waals surface area contributed by atoms with E-state index in [-0.39, 0.29) is 24.5 Å². The smallest absolute Gasteiger partial charge is 0.260 e. The zero-order valence-electron chi connectivity index (χ0n) is 23.4. The molecule has 40 heavy (non-hydrogen) atoms. The molecule has 0 atom stereocenters. The second-order valence-electron chi connectivity index (χ2n) is 9.85. The van der Waals surface area contributed by atoms with Gasteiger partial charge in [0.1, 0.15) is 5.75 Å². The van der Waals surface area contributed by atoms with Gasteiger partial charge >= 0.3 is 0 Å². The van der Waals surface area contributed by atoms with Crippen LogP contribution in [0.5, 0.6) is 5.75 Å². The fourth-order valence-electron chi connectivity index (χ4n) is 5.16. The molecule has 0 unspecified atom stereocenters. The van der Waals surface area contributed by atoms with Crippen LogP contribution < -0.4 is 10.1 Å². The van der Waals surface area contributed by atoms with Crippen LogP contribution >= 0.6 is 11.6 Å². The molecule has 3 aromatic carbocycles. The first kappa shape index (κ1) is 29.6. The molecule has 1 heterocycles. The van der Waals surface area contributed by atoms with Crippen molar-refractivity contribution >= 4 is 23.4 Å². The van der Waals surface area contributed by atoms with Gasteiger partial charge in [0.25, 0.3) is 11.8 Å². The number of nitrogens with one attached hydrogen (secondary N) is 1. The maximum Gasteiger partial charge on any atom is 0.260 e. The van der Waals surface area contributed by atoms with E-state index in [2.05, 4.69) is 75.8 Å². The van der Waals surface area contributed by atoms with Gasteiger partial charge < -0.3 is 15.0 Å². The molecule has 1 aliphatic rings. The lowest BCUT2D eigenvalue weighted by Crippen LogP contribution is -2.49. The van der Waals surface area contributed by atoms with Crippen LogP contribution in [-0.4, -0.2) is 85.5 Å². The zero-order chi connectivity index (χ0) is 28.3. The Bertz CT molecular complexity index is 1190. The summed E-state index contributed by atoms with van der Waals surface area (Å²) in [5.74, 6) is -0.0574. The summed E-state index contributed by atoms with van der Waals surface area (Å²) in [4.78, 5) is 32.0. The van der Waals surface area contributed by atoms with Crippen molar-refractivity contribution in [2.45, 2.75) is 19.9 Å². The summed E-state index contributed by atoms with van der Waals surface area (Å²) < 4.78 is 5.74. The molecule has 4 rings (SSSR count). The van der Waals surface area contributed by atoms with Gasteiger partial charge in [-0.2, -0.15) is 0 Å². The molecule has 2 amide bonds. The highest BCUT2D eigenvalue weighted by Crippen LogP contribution is 2.29. The molecule has 1 saturated heterocycles. The highest BCUT2D eigenvalue weighted by atomic mass is 35.5. The molecule has 1 fully saturated rings. The van der Waals surface area contributed by atoms with Gasteiger partial charge in [-0.15, -0.1) is 0 Å². The minimum atomic E-state index is -0.242. The number of hydrogen-bond donors (Lipinski definition) is 1. The van der Waals surface area contributed by atoms with Gasteiger partial charge in [-0.3, -0.25) is 19.4 Å². The largest absolute Gasteiger partial charge is 0.483 e. The third kappa shape index (κ3) is 7.84. The van der Waals surface area contributed by atoms with E-state index in [0.717, 1.165) is 32.7 Å². The van der Waals surface area contributed by atoms with Crippen molar-refractivity contribution in [1.82, 2.24) is 20.0 Å². The summed E-state index contributed by atoms with van der Waals surface area (Å²) in [5, 5.41) is 3.46. The Morgan fingerprint density at radius 1 is 0.900 bits per heavy atom. The third-order valence-electron chi connectivity index (χ3n) is 7.37. The van der Waals surface area contributed by atoms with E-state index < -0.39 is 0 Å². The van der Waals surface area contributed by atoms with E-state index >= 15 is 0 Å². The van der Waals surface area contributed by atoms with Crippen LogP contribution in [0.2, 0.25) is 5.02 Å². The van der Waals surface area contributed by atoms with Crippen molar-refractivity contribution in [3.8, 4) is 5.75 Å². The summed E-state index contributed by atoms with van der Waals surface area (Å²) in [5.41, 5.74) is 2.97. The van der Waals surface area contributed by atoms with Crippen molar-refractivity contribution < 1.29 is 14.3 Å². The van der Waals surface area contributed by atoms with Crippen LogP contribution in [0.1, 0.15) is 41.4 Å². The van der Waals surface area contributed by atoms with Crippen LogP contribution in [0.4, 0.5) is 0 Å². The van der Waals surface area contributed by atoms with Crippen LogP contribution in [0, 0.1) is 0 Å². The number of ether oxygens (including phenoxy) is 1. The molecule has 3 aromatic rings. The van der Waals surface area contributed by atoms with Gasteiger partial charge in [-0.25, -0.2) is 0 Å². The normalized spacial score (nSPS) is 14.2. The standard InChI is InChI=1S/C32H39ClN4O3/c1-3-36(4-2)30(38)24-40-29-23-27(33)15-16-28(29)32(39)34-17-18-35-19-21-37(22-20-35)31(25-11-7-5-8-12-25)26-13-9-6-10-14-26/h5-16,23,31H,3-4,17-22,24H2,1-2H3,(H,34,39). The van der Waals surface area contributed by atoms with Gasteiger partial charge in [0.2, 0.25) is 0 Å². The number of carbonyl (C=O) groups excluding carboxylic acids is 2. The summed E-state index contributed by atoms with van der Waals surface area (Å²) >= 11 is 6.15. The van der Waals surface area contributed by atoms with E-state index in [9.17, 15) is 9.59 Å². The molecule has 0 spiro atoms. The molecule has 212 valence electrons. The van der Waals surface area contributed by atoms with Gasteiger partial charge in [-0.1, -0.05) is 72.3 Å². The molecule has 0 aromatic heterocycles. The lowest BCUT2D eigenvalue weighted by atomic mass is 9.96. The zero-order valence-corrected chi connectivity index (χ0v) is 24.1. The van der Waals surface area contributed by atoms with Crippen molar-refractivity contribution in [1.29, 1.82) is 0 Å². The minimum absolute atomic E-state index is 0.128. The Morgan fingerprint density at radius 2 is 1.50 bits per heavy atom. The highest BCUT2D eigenvalue weighted by Gasteiger charge is 2.26.